The average molecular weight is 523 g/mol. The summed E-state index contributed by atoms with van der Waals surface area (Å²) in [5.74, 6) is 6.01. The number of fused-ring (bicyclic) bond motifs is 1. The minimum Gasteiger partial charge on any atom is -0.444 e. The lowest BCUT2D eigenvalue weighted by Gasteiger charge is -2.36. The number of ether oxygens (including phenoxy) is 1. The van der Waals surface area contributed by atoms with Gasteiger partial charge in [-0.25, -0.2) is 14.6 Å². The number of piperazine rings is 1. The predicted molar refractivity (Wildman–Crippen MR) is 140 cm³/mol. The Morgan fingerprint density at radius 1 is 1.16 bits per heavy atom. The molecule has 1 saturated heterocycles. The third kappa shape index (κ3) is 5.41. The maximum atomic E-state index is 13.5. The quantitative estimate of drug-likeness (QED) is 0.392. The predicted octanol–water partition coefficient (Wildman–Crippen LogP) is 1.04. The summed E-state index contributed by atoms with van der Waals surface area (Å²) in [6, 6.07) is 6.51. The number of nitrogens with zero attached hydrogens (tertiary/aromatic N) is 6. The lowest BCUT2D eigenvalue weighted by Crippen LogP contribution is -2.54. The Morgan fingerprint density at radius 2 is 1.84 bits per heavy atom. The molecular weight excluding hydrogens is 490 g/mol. The van der Waals surface area contributed by atoms with Crippen LogP contribution in [-0.4, -0.2) is 62.9 Å². The van der Waals surface area contributed by atoms with Crippen molar-refractivity contribution >= 4 is 29.0 Å². The first-order valence-corrected chi connectivity index (χ1v) is 12.2. The van der Waals surface area contributed by atoms with E-state index in [9.17, 15) is 14.4 Å². The highest BCUT2D eigenvalue weighted by Crippen LogP contribution is 2.22. The smallest absolute Gasteiger partial charge is 0.410 e. The minimum atomic E-state index is -0.650. The van der Waals surface area contributed by atoms with Crippen LogP contribution in [0.2, 0.25) is 0 Å². The lowest BCUT2D eigenvalue weighted by molar-refractivity contribution is -0.938. The molecule has 12 nitrogen and oxygen atoms in total. The number of carbonyl (C=O) groups is 2. The fourth-order valence-electron chi connectivity index (χ4n) is 4.11. The average Bonchev–Trinajstić information content (AvgIpc) is 3.23. The molecule has 12 heteroatoms. The largest absolute Gasteiger partial charge is 0.444 e. The van der Waals surface area contributed by atoms with Crippen molar-refractivity contribution in [3.63, 3.8) is 0 Å². The van der Waals surface area contributed by atoms with Crippen molar-refractivity contribution in [1.82, 2.24) is 19.1 Å². The number of nitrogens with two attached hydrogens (primary N) is 1. The van der Waals surface area contributed by atoms with Crippen molar-refractivity contribution < 1.29 is 24.0 Å². The van der Waals surface area contributed by atoms with Gasteiger partial charge in [0.2, 0.25) is 11.7 Å². The summed E-state index contributed by atoms with van der Waals surface area (Å²) < 4.78 is 8.55. The fraction of sp³-hybridized carbons (Fsp3) is 0.423. The molecule has 0 aliphatic carbocycles. The van der Waals surface area contributed by atoms with Crippen LogP contribution >= 0.6 is 0 Å². The van der Waals surface area contributed by atoms with Gasteiger partial charge in [-0.1, -0.05) is 22.7 Å². The van der Waals surface area contributed by atoms with Gasteiger partial charge in [0.1, 0.15) is 16.0 Å². The lowest BCUT2D eigenvalue weighted by atomic mass is 10.2. The summed E-state index contributed by atoms with van der Waals surface area (Å²) in [6.07, 6.45) is 1.22. The number of aromatic nitrogens is 4. The van der Waals surface area contributed by atoms with Gasteiger partial charge in [-0.2, -0.15) is 0 Å². The molecule has 2 N–H and O–H groups in total. The topological polar surface area (TPSA) is 129 Å². The zero-order chi connectivity index (χ0) is 27.6. The van der Waals surface area contributed by atoms with Gasteiger partial charge in [-0.15, -0.1) is 5.92 Å². The van der Waals surface area contributed by atoms with Crippen LogP contribution in [0.3, 0.4) is 0 Å². The van der Waals surface area contributed by atoms with Crippen LogP contribution in [0.1, 0.15) is 38.1 Å². The van der Waals surface area contributed by atoms with Crippen LogP contribution in [0.25, 0.3) is 11.0 Å². The summed E-state index contributed by atoms with van der Waals surface area (Å²) in [4.78, 5) is 53.4. The summed E-state index contributed by atoms with van der Waals surface area (Å²) in [5.41, 5.74) is 5.48. The van der Waals surface area contributed by atoms with Gasteiger partial charge >= 0.3 is 11.7 Å². The Balaban J connectivity index is 1.69. The Hall–Kier alpha value is -4.53. The molecule has 4 rings (SSSR count). The third-order valence-electron chi connectivity index (χ3n) is 5.97. The molecule has 0 spiro atoms. The number of primary amides is 1. The van der Waals surface area contributed by atoms with E-state index in [-0.39, 0.29) is 29.5 Å². The van der Waals surface area contributed by atoms with Gasteiger partial charge in [0.05, 0.1) is 19.2 Å². The number of amides is 2. The zero-order valence-corrected chi connectivity index (χ0v) is 22.2. The third-order valence-corrected chi connectivity index (χ3v) is 5.97. The highest BCUT2D eigenvalue weighted by molar-refractivity contribution is 5.95. The SMILES string of the molecule is CC#CCn1c(N2CCN(C(=O)OC(C)(C)C)CC2)nc2c[n+](Oc3ccccc3C(N)=O)n(C)c(=O)c21. The molecule has 2 amide bonds. The molecule has 1 fully saturated rings. The summed E-state index contributed by atoms with van der Waals surface area (Å²) in [6.45, 7) is 9.40. The van der Waals surface area contributed by atoms with Crippen molar-refractivity contribution in [2.24, 2.45) is 12.8 Å². The van der Waals surface area contributed by atoms with E-state index in [0.717, 1.165) is 0 Å². The van der Waals surface area contributed by atoms with Crippen molar-refractivity contribution in [3.05, 3.63) is 46.4 Å². The maximum absolute atomic E-state index is 13.5. The first kappa shape index (κ1) is 26.5. The Kier molecular flexibility index (Phi) is 7.30. The molecule has 1 aliphatic rings. The number of rotatable bonds is 5. The number of carbonyl (C=O) groups excluding carboxylic acids is 2. The number of para-hydroxylation sites is 1. The van der Waals surface area contributed by atoms with Gasteiger partial charge in [-0.3, -0.25) is 14.2 Å². The number of benzene rings is 1. The monoisotopic (exact) mass is 522 g/mol. The van der Waals surface area contributed by atoms with E-state index in [2.05, 4.69) is 11.8 Å². The van der Waals surface area contributed by atoms with Crippen molar-refractivity contribution in [3.8, 4) is 17.6 Å². The molecule has 1 aliphatic heterocycles. The Labute approximate surface area is 220 Å². The molecule has 0 saturated carbocycles. The number of hydrogen-bond acceptors (Lipinski definition) is 7. The van der Waals surface area contributed by atoms with E-state index < -0.39 is 11.5 Å². The highest BCUT2D eigenvalue weighted by Gasteiger charge is 2.30. The number of anilines is 1. The van der Waals surface area contributed by atoms with Crippen LogP contribution < -0.4 is 25.9 Å². The van der Waals surface area contributed by atoms with E-state index in [1.165, 1.54) is 9.53 Å². The fourth-order valence-corrected chi connectivity index (χ4v) is 4.11. The van der Waals surface area contributed by atoms with Crippen LogP contribution in [-0.2, 0) is 18.3 Å². The second kappa shape index (κ2) is 10.5. The molecule has 0 atom stereocenters. The van der Waals surface area contributed by atoms with Gasteiger partial charge in [0.15, 0.2) is 5.52 Å². The van der Waals surface area contributed by atoms with Gasteiger partial charge < -0.3 is 20.3 Å². The molecule has 0 unspecified atom stereocenters. The van der Waals surface area contributed by atoms with Crippen LogP contribution in [0, 0.1) is 11.8 Å². The molecule has 2 aromatic heterocycles. The van der Waals surface area contributed by atoms with E-state index in [1.54, 1.807) is 53.9 Å². The molecule has 38 heavy (non-hydrogen) atoms. The number of imidazole rings is 1. The van der Waals surface area contributed by atoms with Crippen LogP contribution in [0.4, 0.5) is 10.7 Å². The van der Waals surface area contributed by atoms with Gasteiger partial charge in [0, 0.05) is 26.2 Å². The molecular formula is C26H32N7O5+. The zero-order valence-electron chi connectivity index (χ0n) is 22.2. The van der Waals surface area contributed by atoms with Crippen LogP contribution in [0.15, 0.2) is 35.3 Å². The first-order valence-electron chi connectivity index (χ1n) is 12.2. The number of hydrogen-bond donors (Lipinski definition) is 1. The molecule has 3 aromatic rings. The van der Waals surface area contributed by atoms with Gasteiger partial charge in [0.25, 0.3) is 12.1 Å². The second-order valence-electron chi connectivity index (χ2n) is 9.83. The summed E-state index contributed by atoms with van der Waals surface area (Å²) in [5, 5.41) is 0. The van der Waals surface area contributed by atoms with Crippen molar-refractivity contribution in [1.29, 1.82) is 0 Å². The van der Waals surface area contributed by atoms with Gasteiger partial charge in [-0.05, 0) is 39.8 Å². The van der Waals surface area contributed by atoms with E-state index in [4.69, 9.17) is 20.3 Å². The minimum absolute atomic E-state index is 0.180. The normalized spacial score (nSPS) is 13.7. The van der Waals surface area contributed by atoms with Crippen LogP contribution in [0.5, 0.6) is 5.75 Å². The molecule has 0 bridgehead atoms. The van der Waals surface area contributed by atoms with Crippen molar-refractivity contribution in [2.45, 2.75) is 39.8 Å². The molecule has 0 radical (unpaired) electrons. The highest BCUT2D eigenvalue weighted by atomic mass is 16.7. The molecule has 3 heterocycles. The first-order chi connectivity index (χ1) is 18.0. The molecule has 1 aromatic carbocycles. The maximum Gasteiger partial charge on any atom is 0.410 e. The molecule has 200 valence electrons. The second-order valence-corrected chi connectivity index (χ2v) is 9.83. The summed E-state index contributed by atoms with van der Waals surface area (Å²) >= 11 is 0. The van der Waals surface area contributed by atoms with E-state index in [1.807, 2.05) is 25.7 Å². The summed E-state index contributed by atoms with van der Waals surface area (Å²) in [7, 11) is 1.55. The Bertz CT molecular complexity index is 1500. The van der Waals surface area contributed by atoms with E-state index in [0.29, 0.717) is 43.2 Å². The Morgan fingerprint density at radius 3 is 2.47 bits per heavy atom. The standard InChI is InChI=1S/C26H31N7O5/c1-6-7-12-32-21-19(28-24(32)30-13-15-31(16-14-30)25(36)37-26(2,3)4)17-33(29(5)23(21)35)38-20-11-9-8-10-18(20)22(27)34/h8-11,17H,12-16H2,1-5H3,(H-,27,34)/p+1. The van der Waals surface area contributed by atoms with Crippen molar-refractivity contribution in [2.75, 3.05) is 31.1 Å². The van der Waals surface area contributed by atoms with E-state index >= 15 is 0 Å².